The summed E-state index contributed by atoms with van der Waals surface area (Å²) < 4.78 is 5.49. The Labute approximate surface area is 138 Å². The van der Waals surface area contributed by atoms with Crippen LogP contribution in [0.3, 0.4) is 0 Å². The normalized spacial score (nSPS) is 12.1. The van der Waals surface area contributed by atoms with Crippen LogP contribution < -0.4 is 0 Å². The first-order valence-electron chi connectivity index (χ1n) is 6.89. The lowest BCUT2D eigenvalue weighted by Crippen LogP contribution is -2.18. The van der Waals surface area contributed by atoms with Gasteiger partial charge in [0, 0.05) is 16.3 Å². The van der Waals surface area contributed by atoms with Crippen molar-refractivity contribution in [2.24, 2.45) is 0 Å². The second kappa shape index (κ2) is 8.30. The smallest absolute Gasteiger partial charge is 0.114 e. The van der Waals surface area contributed by atoms with Gasteiger partial charge in [0.25, 0.3) is 0 Å². The molecule has 0 fully saturated rings. The van der Waals surface area contributed by atoms with Crippen molar-refractivity contribution < 1.29 is 9.84 Å². The van der Waals surface area contributed by atoms with E-state index in [9.17, 15) is 10.4 Å². The van der Waals surface area contributed by atoms with E-state index >= 15 is 0 Å². The van der Waals surface area contributed by atoms with E-state index in [2.05, 4.69) is 11.1 Å². The van der Waals surface area contributed by atoms with Crippen molar-refractivity contribution in [3.05, 3.63) is 45.3 Å². The van der Waals surface area contributed by atoms with Crippen molar-refractivity contribution >= 4 is 23.1 Å². The van der Waals surface area contributed by atoms with Gasteiger partial charge in [0.15, 0.2) is 0 Å². The average molecular weight is 334 g/mol. The first-order chi connectivity index (χ1) is 10.6. The van der Waals surface area contributed by atoms with E-state index in [0.29, 0.717) is 22.9 Å². The zero-order valence-electron chi connectivity index (χ0n) is 12.6. The summed E-state index contributed by atoms with van der Waals surface area (Å²) in [5, 5.41) is 21.9. The molecule has 2 rings (SSSR count). The fourth-order valence-corrected chi connectivity index (χ4v) is 3.60. The summed E-state index contributed by atoms with van der Waals surface area (Å²) in [6.07, 6.45) is -0.584. The predicted octanol–water partition coefficient (Wildman–Crippen LogP) is 3.30. The van der Waals surface area contributed by atoms with Crippen LogP contribution in [0.4, 0.5) is 0 Å². The van der Waals surface area contributed by atoms with Crippen LogP contribution in [0.2, 0.25) is 0 Å². The second-order valence-corrected chi connectivity index (χ2v) is 6.97. The molecule has 1 unspecified atom stereocenters. The van der Waals surface area contributed by atoms with Crippen LogP contribution in [0.25, 0.3) is 0 Å². The highest BCUT2D eigenvalue weighted by Gasteiger charge is 2.12. The van der Waals surface area contributed by atoms with Gasteiger partial charge in [-0.2, -0.15) is 5.26 Å². The molecule has 0 aromatic carbocycles. The molecule has 2 aromatic rings. The minimum atomic E-state index is -0.584. The van der Waals surface area contributed by atoms with Crippen LogP contribution in [0.5, 0.6) is 0 Å². The number of hydrogen-bond acceptors (Lipinski definition) is 6. The van der Waals surface area contributed by atoms with E-state index in [-0.39, 0.29) is 6.61 Å². The molecule has 116 valence electrons. The maximum absolute atomic E-state index is 9.99. The molecule has 2 aromatic heterocycles. The molecule has 0 amide bonds. The number of nitriles is 1. The van der Waals surface area contributed by atoms with Gasteiger partial charge in [0.1, 0.15) is 11.1 Å². The lowest BCUT2D eigenvalue weighted by atomic mass is 10.1. The molecular weight excluding hydrogens is 316 g/mol. The number of pyridine rings is 1. The third kappa shape index (κ3) is 4.82. The number of hydrogen-bond donors (Lipinski definition) is 1. The molecule has 0 saturated heterocycles. The summed E-state index contributed by atoms with van der Waals surface area (Å²) in [4.78, 5) is 5.53. The molecular formula is C16H18N2O2S2. The Morgan fingerprint density at radius 1 is 1.50 bits per heavy atom. The molecule has 0 aliphatic carbocycles. The molecule has 0 radical (unpaired) electrons. The quantitative estimate of drug-likeness (QED) is 0.787. The Balaban J connectivity index is 1.83. The summed E-state index contributed by atoms with van der Waals surface area (Å²) in [7, 11) is 0. The topological polar surface area (TPSA) is 66.1 Å². The average Bonchev–Trinajstić information content (AvgIpc) is 2.98. The largest absolute Gasteiger partial charge is 0.390 e. The third-order valence-electron chi connectivity index (χ3n) is 2.97. The Morgan fingerprint density at radius 3 is 3.00 bits per heavy atom. The Kier molecular flexibility index (Phi) is 6.40. The zero-order chi connectivity index (χ0) is 15.9. The summed E-state index contributed by atoms with van der Waals surface area (Å²) >= 11 is 3.03. The van der Waals surface area contributed by atoms with Gasteiger partial charge < -0.3 is 9.84 Å². The highest BCUT2D eigenvalue weighted by molar-refractivity contribution is 7.99. The zero-order valence-corrected chi connectivity index (χ0v) is 14.2. The predicted molar refractivity (Wildman–Crippen MR) is 89.1 cm³/mol. The molecule has 0 aliphatic rings. The second-order valence-electron chi connectivity index (χ2n) is 4.93. The highest BCUT2D eigenvalue weighted by Crippen LogP contribution is 2.24. The van der Waals surface area contributed by atoms with E-state index in [0.717, 1.165) is 16.1 Å². The number of ether oxygens (including phenoxy) is 1. The number of aliphatic hydroxyl groups is 1. The number of thioether (sulfide) groups is 1. The molecule has 1 N–H and O–H groups in total. The fourth-order valence-electron chi connectivity index (χ4n) is 1.96. The van der Waals surface area contributed by atoms with Crippen molar-refractivity contribution in [3.8, 4) is 6.07 Å². The number of rotatable bonds is 7. The lowest BCUT2D eigenvalue weighted by Gasteiger charge is -2.12. The van der Waals surface area contributed by atoms with Gasteiger partial charge in [0.05, 0.1) is 24.9 Å². The maximum atomic E-state index is 9.99. The lowest BCUT2D eigenvalue weighted by molar-refractivity contribution is 0.0409. The van der Waals surface area contributed by atoms with Gasteiger partial charge >= 0.3 is 0 Å². The Bertz CT molecular complexity index is 651. The van der Waals surface area contributed by atoms with Gasteiger partial charge in [-0.05, 0) is 36.9 Å². The number of aromatic nitrogens is 1. The van der Waals surface area contributed by atoms with Crippen molar-refractivity contribution in [3.63, 3.8) is 0 Å². The summed E-state index contributed by atoms with van der Waals surface area (Å²) in [5.41, 5.74) is 2.38. The Hall–Kier alpha value is -1.39. The highest BCUT2D eigenvalue weighted by atomic mass is 32.2. The molecule has 6 heteroatoms. The minimum absolute atomic E-state index is 0.275. The SMILES string of the molecule is Cc1cc(C)c(C#N)c(SCC(O)COCc2cccs2)n1. The number of aliphatic hydroxyl groups excluding tert-OH is 1. The van der Waals surface area contributed by atoms with Crippen LogP contribution in [0.15, 0.2) is 28.6 Å². The third-order valence-corrected chi connectivity index (χ3v) is 4.94. The van der Waals surface area contributed by atoms with E-state index in [1.807, 2.05) is 37.4 Å². The van der Waals surface area contributed by atoms with Crippen molar-refractivity contribution in [2.45, 2.75) is 31.6 Å². The van der Waals surface area contributed by atoms with Crippen molar-refractivity contribution in [1.82, 2.24) is 4.98 Å². The molecule has 0 aliphatic heterocycles. The molecule has 22 heavy (non-hydrogen) atoms. The standard InChI is InChI=1S/C16H18N2O2S2/c1-11-6-12(2)18-16(15(11)7-17)22-10-13(19)8-20-9-14-4-3-5-21-14/h3-6,13,19H,8-10H2,1-2H3. The molecule has 4 nitrogen and oxygen atoms in total. The molecule has 2 heterocycles. The Morgan fingerprint density at radius 2 is 2.32 bits per heavy atom. The van der Waals surface area contributed by atoms with Crippen LogP contribution in [-0.4, -0.2) is 28.6 Å². The van der Waals surface area contributed by atoms with E-state index in [1.54, 1.807) is 11.3 Å². The van der Waals surface area contributed by atoms with Gasteiger partial charge in [0.2, 0.25) is 0 Å². The molecule has 0 spiro atoms. The van der Waals surface area contributed by atoms with Crippen LogP contribution in [-0.2, 0) is 11.3 Å². The van der Waals surface area contributed by atoms with Crippen molar-refractivity contribution in [2.75, 3.05) is 12.4 Å². The van der Waals surface area contributed by atoms with Crippen LogP contribution >= 0.6 is 23.1 Å². The summed E-state index contributed by atoms with van der Waals surface area (Å²) in [5.74, 6) is 0.453. The van der Waals surface area contributed by atoms with Crippen LogP contribution in [0, 0.1) is 25.2 Å². The minimum Gasteiger partial charge on any atom is -0.390 e. The molecule has 1 atom stereocenters. The van der Waals surface area contributed by atoms with E-state index < -0.39 is 6.10 Å². The van der Waals surface area contributed by atoms with Crippen LogP contribution in [0.1, 0.15) is 21.7 Å². The van der Waals surface area contributed by atoms with Gasteiger partial charge in [-0.25, -0.2) is 4.98 Å². The maximum Gasteiger partial charge on any atom is 0.114 e. The van der Waals surface area contributed by atoms with Gasteiger partial charge in [-0.3, -0.25) is 0 Å². The molecule has 0 bridgehead atoms. The van der Waals surface area contributed by atoms with Gasteiger partial charge in [-0.1, -0.05) is 6.07 Å². The van der Waals surface area contributed by atoms with Gasteiger partial charge in [-0.15, -0.1) is 23.1 Å². The first-order valence-corrected chi connectivity index (χ1v) is 8.76. The monoisotopic (exact) mass is 334 g/mol. The molecule has 0 saturated carbocycles. The summed E-state index contributed by atoms with van der Waals surface area (Å²) in [6.45, 7) is 4.60. The van der Waals surface area contributed by atoms with E-state index in [1.165, 1.54) is 11.8 Å². The number of nitrogens with zero attached hydrogens (tertiary/aromatic N) is 2. The van der Waals surface area contributed by atoms with E-state index in [4.69, 9.17) is 4.74 Å². The summed E-state index contributed by atoms with van der Waals surface area (Å²) in [6, 6.07) is 8.06. The number of thiophene rings is 1. The fraction of sp³-hybridized carbons (Fsp3) is 0.375. The van der Waals surface area contributed by atoms with Crippen molar-refractivity contribution in [1.29, 1.82) is 5.26 Å². The number of aryl methyl sites for hydroxylation is 2. The first kappa shape index (κ1) is 17.0.